The number of anilines is 1. The Morgan fingerprint density at radius 3 is 2.55 bits per heavy atom. The lowest BCUT2D eigenvalue weighted by atomic mass is 10.2. The number of benzene rings is 1. The van der Waals surface area contributed by atoms with Crippen molar-refractivity contribution in [3.8, 4) is 11.4 Å². The highest BCUT2D eigenvalue weighted by Crippen LogP contribution is 2.23. The minimum Gasteiger partial charge on any atom is -0.378 e. The molecule has 0 aliphatic rings. The van der Waals surface area contributed by atoms with Crippen molar-refractivity contribution in [2.75, 3.05) is 25.2 Å². The topological polar surface area (TPSA) is 47.0 Å². The molecule has 4 nitrogen and oxygen atoms in total. The summed E-state index contributed by atoms with van der Waals surface area (Å²) in [5, 5.41) is 3.06. The maximum Gasteiger partial charge on any atom is 0.161 e. The molecule has 0 saturated carbocycles. The minimum atomic E-state index is 0.480. The van der Waals surface area contributed by atoms with Crippen LogP contribution >= 0.6 is 11.8 Å². The number of nitrogens with zero attached hydrogens (tertiary/aromatic N) is 2. The van der Waals surface area contributed by atoms with Crippen molar-refractivity contribution >= 4 is 17.6 Å². The molecule has 0 aliphatic carbocycles. The largest absolute Gasteiger partial charge is 0.378 e. The van der Waals surface area contributed by atoms with Gasteiger partial charge in [0.25, 0.3) is 0 Å². The van der Waals surface area contributed by atoms with Gasteiger partial charge in [-0.15, -0.1) is 11.8 Å². The first kappa shape index (κ1) is 14.8. The lowest BCUT2D eigenvalue weighted by Crippen LogP contribution is -2.01. The van der Waals surface area contributed by atoms with Gasteiger partial charge >= 0.3 is 0 Å². The molecule has 1 aromatic carbocycles. The van der Waals surface area contributed by atoms with E-state index in [-0.39, 0.29) is 0 Å². The molecule has 0 unspecified atom stereocenters. The van der Waals surface area contributed by atoms with Crippen LogP contribution in [-0.4, -0.2) is 29.9 Å². The van der Waals surface area contributed by atoms with Crippen molar-refractivity contribution in [2.45, 2.75) is 18.4 Å². The van der Waals surface area contributed by atoms with E-state index in [0.29, 0.717) is 6.61 Å². The van der Waals surface area contributed by atoms with Gasteiger partial charge in [-0.2, -0.15) is 0 Å². The van der Waals surface area contributed by atoms with Crippen LogP contribution in [0.3, 0.4) is 0 Å². The summed E-state index contributed by atoms with van der Waals surface area (Å²) in [6.45, 7) is 2.63. The number of rotatable bonds is 6. The zero-order valence-corrected chi connectivity index (χ0v) is 12.8. The maximum atomic E-state index is 5.15. The highest BCUT2D eigenvalue weighted by Gasteiger charge is 2.06. The quantitative estimate of drug-likeness (QED) is 0.825. The van der Waals surface area contributed by atoms with Crippen LogP contribution in [0.5, 0.6) is 0 Å². The first-order valence-electron chi connectivity index (χ1n) is 6.54. The Hall–Kier alpha value is -1.59. The van der Waals surface area contributed by atoms with Gasteiger partial charge in [0.1, 0.15) is 5.82 Å². The zero-order valence-electron chi connectivity index (χ0n) is 12.0. The molecule has 0 spiro atoms. The van der Waals surface area contributed by atoms with Gasteiger partial charge in [-0.3, -0.25) is 0 Å². The Morgan fingerprint density at radius 1 is 1.20 bits per heavy atom. The van der Waals surface area contributed by atoms with Crippen molar-refractivity contribution in [1.29, 1.82) is 0 Å². The van der Waals surface area contributed by atoms with Crippen LogP contribution in [0.15, 0.2) is 35.2 Å². The number of methoxy groups -OCH3 is 1. The van der Waals surface area contributed by atoms with Gasteiger partial charge in [0.05, 0.1) is 12.3 Å². The Morgan fingerprint density at radius 2 is 1.95 bits per heavy atom. The lowest BCUT2D eigenvalue weighted by molar-refractivity contribution is 0.181. The van der Waals surface area contributed by atoms with Crippen LogP contribution in [0.4, 0.5) is 5.82 Å². The number of hydrogen-bond donors (Lipinski definition) is 1. The minimum absolute atomic E-state index is 0.480. The van der Waals surface area contributed by atoms with Gasteiger partial charge < -0.3 is 10.1 Å². The molecule has 5 heteroatoms. The van der Waals surface area contributed by atoms with E-state index in [9.17, 15) is 0 Å². The number of ether oxygens (including phenoxy) is 1. The summed E-state index contributed by atoms with van der Waals surface area (Å²) in [6, 6.07) is 10.2. The third kappa shape index (κ3) is 3.71. The van der Waals surface area contributed by atoms with E-state index in [1.807, 2.05) is 24.9 Å². The van der Waals surface area contributed by atoms with Crippen LogP contribution in [0.25, 0.3) is 11.4 Å². The van der Waals surface area contributed by atoms with Crippen molar-refractivity contribution < 1.29 is 4.74 Å². The summed E-state index contributed by atoms with van der Waals surface area (Å²) in [5.41, 5.74) is 1.88. The van der Waals surface area contributed by atoms with Crippen molar-refractivity contribution in [1.82, 2.24) is 9.97 Å². The van der Waals surface area contributed by atoms with Crippen molar-refractivity contribution in [3.05, 3.63) is 36.0 Å². The monoisotopic (exact) mass is 289 g/mol. The van der Waals surface area contributed by atoms with Crippen LogP contribution in [0.1, 0.15) is 12.6 Å². The third-order valence-electron chi connectivity index (χ3n) is 2.75. The molecule has 0 aliphatic heterocycles. The fraction of sp³-hybridized carbons (Fsp3) is 0.333. The Kier molecular flexibility index (Phi) is 5.38. The molecule has 0 atom stereocenters. The first-order valence-corrected chi connectivity index (χ1v) is 7.53. The molecule has 2 aromatic rings. The number of thioether (sulfide) groups is 1. The van der Waals surface area contributed by atoms with E-state index in [1.165, 1.54) is 4.90 Å². The average Bonchev–Trinajstić information content (AvgIpc) is 2.48. The second-order valence-electron chi connectivity index (χ2n) is 4.21. The summed E-state index contributed by atoms with van der Waals surface area (Å²) in [4.78, 5) is 10.3. The fourth-order valence-corrected chi connectivity index (χ4v) is 2.51. The molecule has 0 radical (unpaired) electrons. The fourth-order valence-electron chi connectivity index (χ4n) is 1.84. The molecular formula is C15H19N3OS. The molecule has 1 heterocycles. The molecule has 1 N–H and O–H groups in total. The first-order chi connectivity index (χ1) is 9.76. The second kappa shape index (κ2) is 7.26. The summed E-state index contributed by atoms with van der Waals surface area (Å²) >= 11 is 1.82. The van der Waals surface area contributed by atoms with E-state index < -0.39 is 0 Å². The van der Waals surface area contributed by atoms with Gasteiger partial charge in [-0.25, -0.2) is 9.97 Å². The Labute approximate surface area is 124 Å². The van der Waals surface area contributed by atoms with E-state index in [4.69, 9.17) is 4.74 Å². The summed E-state index contributed by atoms with van der Waals surface area (Å²) in [7, 11) is 3.52. The van der Waals surface area contributed by atoms with E-state index in [2.05, 4.69) is 46.5 Å². The highest BCUT2D eigenvalue weighted by molar-refractivity contribution is 7.99. The van der Waals surface area contributed by atoms with Crippen LogP contribution in [0, 0.1) is 0 Å². The predicted molar refractivity (Wildman–Crippen MR) is 84.1 cm³/mol. The van der Waals surface area contributed by atoms with E-state index >= 15 is 0 Å². The summed E-state index contributed by atoms with van der Waals surface area (Å²) in [6.07, 6.45) is 0. The van der Waals surface area contributed by atoms with Gasteiger partial charge in [0.2, 0.25) is 0 Å². The number of nitrogens with one attached hydrogen (secondary N) is 1. The molecule has 0 fully saturated rings. The van der Waals surface area contributed by atoms with Crippen molar-refractivity contribution in [2.24, 2.45) is 0 Å². The average molecular weight is 289 g/mol. The molecule has 1 aromatic heterocycles. The Balaban J connectivity index is 2.32. The number of aromatic nitrogens is 2. The standard InChI is InChI=1S/C15H19N3OS/c1-4-20-13-7-5-11(6-8-13)15-17-12(10-19-3)9-14(16-2)18-15/h5-9H,4,10H2,1-3H3,(H,16,17,18). The van der Waals surface area contributed by atoms with Crippen LogP contribution in [-0.2, 0) is 11.3 Å². The maximum absolute atomic E-state index is 5.15. The summed E-state index contributed by atoms with van der Waals surface area (Å²) in [5.74, 6) is 2.59. The normalized spacial score (nSPS) is 10.6. The Bertz CT molecular complexity index is 558. The van der Waals surface area contributed by atoms with E-state index in [1.54, 1.807) is 7.11 Å². The van der Waals surface area contributed by atoms with Gasteiger partial charge in [0.15, 0.2) is 5.82 Å². The van der Waals surface area contributed by atoms with Gasteiger partial charge in [-0.1, -0.05) is 19.1 Å². The molecule has 20 heavy (non-hydrogen) atoms. The molecule has 0 bridgehead atoms. The van der Waals surface area contributed by atoms with Gasteiger partial charge in [-0.05, 0) is 17.9 Å². The predicted octanol–water partition coefficient (Wildman–Crippen LogP) is 3.44. The van der Waals surface area contributed by atoms with Crippen LogP contribution < -0.4 is 5.32 Å². The smallest absolute Gasteiger partial charge is 0.161 e. The zero-order chi connectivity index (χ0) is 14.4. The second-order valence-corrected chi connectivity index (χ2v) is 5.55. The molecule has 106 valence electrons. The SMILES string of the molecule is CCSc1ccc(-c2nc(COC)cc(NC)n2)cc1. The highest BCUT2D eigenvalue weighted by atomic mass is 32.2. The molecule has 0 amide bonds. The van der Waals surface area contributed by atoms with Crippen LogP contribution in [0.2, 0.25) is 0 Å². The van der Waals surface area contributed by atoms with Gasteiger partial charge in [0, 0.05) is 30.7 Å². The summed E-state index contributed by atoms with van der Waals surface area (Å²) < 4.78 is 5.15. The molecule has 2 rings (SSSR count). The molecular weight excluding hydrogens is 270 g/mol. The number of hydrogen-bond acceptors (Lipinski definition) is 5. The third-order valence-corrected chi connectivity index (χ3v) is 3.65. The van der Waals surface area contributed by atoms with Crippen molar-refractivity contribution in [3.63, 3.8) is 0 Å². The molecule has 0 saturated heterocycles. The lowest BCUT2D eigenvalue weighted by Gasteiger charge is -2.08. The van der Waals surface area contributed by atoms with E-state index in [0.717, 1.165) is 28.7 Å².